The molecule has 1 aromatic heterocycles. The van der Waals surface area contributed by atoms with Crippen LogP contribution < -0.4 is 10.5 Å². The van der Waals surface area contributed by atoms with E-state index in [2.05, 4.69) is 4.98 Å². The van der Waals surface area contributed by atoms with Crippen LogP contribution in [0.1, 0.15) is 19.4 Å². The summed E-state index contributed by atoms with van der Waals surface area (Å²) in [4.78, 5) is 29.6. The van der Waals surface area contributed by atoms with Gasteiger partial charge in [-0.15, -0.1) is 0 Å². The van der Waals surface area contributed by atoms with Crippen molar-refractivity contribution >= 4 is 34.1 Å². The predicted octanol–water partition coefficient (Wildman–Crippen LogP) is 4.37. The molecular weight excluding hydrogens is 336 g/mol. The van der Waals surface area contributed by atoms with Gasteiger partial charge in [0, 0.05) is 27.7 Å². The fourth-order valence-corrected chi connectivity index (χ4v) is 2.84. The molecule has 0 bridgehead atoms. The zero-order valence-corrected chi connectivity index (χ0v) is 14.9. The number of para-hydroxylation sites is 1. The van der Waals surface area contributed by atoms with Crippen molar-refractivity contribution in [3.8, 4) is 0 Å². The van der Waals surface area contributed by atoms with E-state index in [9.17, 15) is 9.59 Å². The van der Waals surface area contributed by atoms with Gasteiger partial charge in [-0.3, -0.25) is 9.59 Å². The Labute approximate surface area is 151 Å². The second kappa shape index (κ2) is 7.11. The molecule has 0 saturated heterocycles. The van der Waals surface area contributed by atoms with Crippen molar-refractivity contribution in [1.29, 1.82) is 0 Å². The number of hydrogen-bond donors (Lipinski definition) is 1. The Kier molecular flexibility index (Phi) is 4.91. The van der Waals surface area contributed by atoms with E-state index in [1.165, 1.54) is 0 Å². The molecule has 0 aliphatic carbocycles. The van der Waals surface area contributed by atoms with E-state index in [4.69, 9.17) is 11.6 Å². The highest BCUT2D eigenvalue weighted by molar-refractivity contribution is 6.30. The number of pyridine rings is 1. The number of carbonyl (C=O) groups is 1. The molecule has 5 heteroatoms. The van der Waals surface area contributed by atoms with Crippen LogP contribution in [-0.4, -0.2) is 10.9 Å². The van der Waals surface area contributed by atoms with Gasteiger partial charge in [-0.2, -0.15) is 0 Å². The highest BCUT2D eigenvalue weighted by Crippen LogP contribution is 2.22. The van der Waals surface area contributed by atoms with Gasteiger partial charge in [-0.25, -0.2) is 0 Å². The zero-order valence-electron chi connectivity index (χ0n) is 14.1. The van der Waals surface area contributed by atoms with E-state index >= 15 is 0 Å². The Morgan fingerprint density at radius 1 is 1.12 bits per heavy atom. The van der Waals surface area contributed by atoms with Crippen molar-refractivity contribution in [2.45, 2.75) is 20.4 Å². The van der Waals surface area contributed by atoms with Gasteiger partial charge in [-0.1, -0.05) is 43.6 Å². The summed E-state index contributed by atoms with van der Waals surface area (Å²) < 4.78 is 0. The molecule has 1 heterocycles. The number of hydrogen-bond acceptors (Lipinski definition) is 2. The van der Waals surface area contributed by atoms with Crippen LogP contribution >= 0.6 is 11.6 Å². The van der Waals surface area contributed by atoms with Crippen LogP contribution in [0.15, 0.2) is 59.4 Å². The maximum Gasteiger partial charge on any atom is 0.253 e. The molecule has 3 rings (SSSR count). The Morgan fingerprint density at radius 2 is 1.80 bits per heavy atom. The van der Waals surface area contributed by atoms with Gasteiger partial charge in [-0.05, 0) is 41.8 Å². The number of aromatic amines is 1. The molecule has 2 aromatic carbocycles. The fraction of sp³-hybridized carbons (Fsp3) is 0.200. The molecule has 0 spiro atoms. The molecule has 3 aromatic rings. The number of aromatic nitrogens is 1. The minimum absolute atomic E-state index is 0.0464. The lowest BCUT2D eigenvalue weighted by molar-refractivity contribution is -0.121. The van der Waals surface area contributed by atoms with Gasteiger partial charge < -0.3 is 9.88 Å². The Balaban J connectivity index is 2.03. The summed E-state index contributed by atoms with van der Waals surface area (Å²) in [5, 5.41) is 1.54. The van der Waals surface area contributed by atoms with E-state index in [0.717, 1.165) is 16.6 Å². The largest absolute Gasteiger partial charge is 0.322 e. The molecule has 4 nitrogen and oxygen atoms in total. The smallest absolute Gasteiger partial charge is 0.253 e. The molecule has 128 valence electrons. The fourth-order valence-electron chi connectivity index (χ4n) is 2.71. The van der Waals surface area contributed by atoms with Crippen LogP contribution in [0.4, 0.5) is 5.69 Å². The predicted molar refractivity (Wildman–Crippen MR) is 102 cm³/mol. The van der Waals surface area contributed by atoms with Crippen molar-refractivity contribution < 1.29 is 4.79 Å². The average Bonchev–Trinajstić information content (AvgIpc) is 2.60. The number of fused-ring (bicyclic) bond motifs is 1. The van der Waals surface area contributed by atoms with E-state index in [-0.39, 0.29) is 23.9 Å². The first-order valence-corrected chi connectivity index (χ1v) is 8.51. The van der Waals surface area contributed by atoms with Crippen LogP contribution in [0, 0.1) is 5.92 Å². The summed E-state index contributed by atoms with van der Waals surface area (Å²) in [5.74, 6) is -0.231. The zero-order chi connectivity index (χ0) is 18.0. The number of benzene rings is 2. The second-order valence-electron chi connectivity index (χ2n) is 6.27. The second-order valence-corrected chi connectivity index (χ2v) is 6.70. The minimum Gasteiger partial charge on any atom is -0.322 e. The highest BCUT2D eigenvalue weighted by Gasteiger charge is 2.20. The number of H-pyrrole nitrogens is 1. The molecular formula is C20H19ClN2O2. The molecule has 1 N–H and O–H groups in total. The lowest BCUT2D eigenvalue weighted by atomic mass is 10.1. The monoisotopic (exact) mass is 354 g/mol. The summed E-state index contributed by atoms with van der Waals surface area (Å²) in [5.41, 5.74) is 1.86. The number of amides is 1. The first-order valence-electron chi connectivity index (χ1n) is 8.13. The number of nitrogens with zero attached hydrogens (tertiary/aromatic N) is 1. The molecule has 0 atom stereocenters. The number of anilines is 1. The summed E-state index contributed by atoms with van der Waals surface area (Å²) in [6, 6.07) is 16.5. The van der Waals surface area contributed by atoms with Gasteiger partial charge >= 0.3 is 0 Å². The summed E-state index contributed by atoms with van der Waals surface area (Å²) >= 11 is 5.95. The summed E-state index contributed by atoms with van der Waals surface area (Å²) in [6.45, 7) is 3.89. The normalized spacial score (nSPS) is 11.0. The van der Waals surface area contributed by atoms with E-state index in [1.54, 1.807) is 29.2 Å². The SMILES string of the molecule is CC(C)C(=O)N(Cc1cc2ccccc2[nH]c1=O)c1ccc(Cl)cc1. The first-order chi connectivity index (χ1) is 12.0. The lowest BCUT2D eigenvalue weighted by Gasteiger charge is -2.24. The van der Waals surface area contributed by atoms with Gasteiger partial charge in [0.1, 0.15) is 0 Å². The Bertz CT molecular complexity index is 961. The van der Waals surface area contributed by atoms with E-state index in [1.807, 2.05) is 44.2 Å². The quantitative estimate of drug-likeness (QED) is 0.756. The van der Waals surface area contributed by atoms with Gasteiger partial charge in [0.05, 0.1) is 6.54 Å². The van der Waals surface area contributed by atoms with E-state index in [0.29, 0.717) is 10.6 Å². The van der Waals surface area contributed by atoms with Crippen LogP contribution in [-0.2, 0) is 11.3 Å². The molecule has 25 heavy (non-hydrogen) atoms. The van der Waals surface area contributed by atoms with Crippen LogP contribution in [0.3, 0.4) is 0 Å². The number of rotatable bonds is 4. The molecule has 0 radical (unpaired) electrons. The van der Waals surface area contributed by atoms with Crippen LogP contribution in [0.25, 0.3) is 10.9 Å². The highest BCUT2D eigenvalue weighted by atomic mass is 35.5. The first kappa shape index (κ1) is 17.2. The number of halogens is 1. The molecule has 0 aliphatic heterocycles. The molecule has 0 fully saturated rings. The van der Waals surface area contributed by atoms with Crippen molar-refractivity contribution in [1.82, 2.24) is 4.98 Å². The van der Waals surface area contributed by atoms with Crippen molar-refractivity contribution in [2.24, 2.45) is 5.92 Å². The van der Waals surface area contributed by atoms with Crippen LogP contribution in [0.2, 0.25) is 5.02 Å². The van der Waals surface area contributed by atoms with Crippen molar-refractivity contribution in [3.63, 3.8) is 0 Å². The van der Waals surface area contributed by atoms with Gasteiger partial charge in [0.15, 0.2) is 0 Å². The third-order valence-electron chi connectivity index (χ3n) is 4.06. The van der Waals surface area contributed by atoms with Crippen LogP contribution in [0.5, 0.6) is 0 Å². The summed E-state index contributed by atoms with van der Waals surface area (Å²) in [7, 11) is 0. The molecule has 0 saturated carbocycles. The minimum atomic E-state index is -0.186. The summed E-state index contributed by atoms with van der Waals surface area (Å²) in [6.07, 6.45) is 0. The number of nitrogens with one attached hydrogen (secondary N) is 1. The van der Waals surface area contributed by atoms with Gasteiger partial charge in [0.2, 0.25) is 5.91 Å². The van der Waals surface area contributed by atoms with Crippen molar-refractivity contribution in [3.05, 3.63) is 75.5 Å². The Morgan fingerprint density at radius 3 is 2.48 bits per heavy atom. The maximum absolute atomic E-state index is 12.7. The Hall–Kier alpha value is -2.59. The number of carbonyl (C=O) groups excluding carboxylic acids is 1. The third kappa shape index (κ3) is 3.74. The average molecular weight is 355 g/mol. The third-order valence-corrected chi connectivity index (χ3v) is 4.31. The van der Waals surface area contributed by atoms with Crippen molar-refractivity contribution in [2.75, 3.05) is 4.90 Å². The van der Waals surface area contributed by atoms with Gasteiger partial charge in [0.25, 0.3) is 5.56 Å². The maximum atomic E-state index is 12.7. The molecule has 1 amide bonds. The standard InChI is InChI=1S/C20H19ClN2O2/c1-13(2)20(25)23(17-9-7-16(21)8-10-17)12-15-11-14-5-3-4-6-18(14)22-19(15)24/h3-11,13H,12H2,1-2H3,(H,22,24). The van der Waals surface area contributed by atoms with E-state index < -0.39 is 0 Å². The molecule has 0 aliphatic rings. The molecule has 0 unspecified atom stereocenters. The lowest BCUT2D eigenvalue weighted by Crippen LogP contribution is -2.35. The topological polar surface area (TPSA) is 53.2 Å².